The van der Waals surface area contributed by atoms with E-state index < -0.39 is 0 Å². The number of hydrogen-bond donors (Lipinski definition) is 1. The lowest BCUT2D eigenvalue weighted by atomic mass is 10.1. The van der Waals surface area contributed by atoms with Crippen molar-refractivity contribution < 1.29 is 0 Å². The van der Waals surface area contributed by atoms with Gasteiger partial charge in [0, 0.05) is 24.8 Å². The molecule has 0 bridgehead atoms. The molecule has 1 aliphatic heterocycles. The van der Waals surface area contributed by atoms with E-state index in [2.05, 4.69) is 22.0 Å². The van der Waals surface area contributed by atoms with Gasteiger partial charge in [0.05, 0.1) is 11.9 Å². The molecule has 1 saturated heterocycles. The van der Waals surface area contributed by atoms with E-state index in [0.29, 0.717) is 6.04 Å². The quantitative estimate of drug-likeness (QED) is 0.728. The molecule has 1 aromatic heterocycles. The van der Waals surface area contributed by atoms with Crippen LogP contribution in [0.2, 0.25) is 0 Å². The van der Waals surface area contributed by atoms with Gasteiger partial charge in [-0.15, -0.1) is 0 Å². The predicted molar refractivity (Wildman–Crippen MR) is 58.4 cm³/mol. The second-order valence-electron chi connectivity index (χ2n) is 3.98. The van der Waals surface area contributed by atoms with Crippen molar-refractivity contribution in [3.63, 3.8) is 0 Å². The van der Waals surface area contributed by atoms with Gasteiger partial charge in [0.2, 0.25) is 0 Å². The zero-order valence-electron chi connectivity index (χ0n) is 8.61. The van der Waals surface area contributed by atoms with Crippen LogP contribution in [0.5, 0.6) is 0 Å². The van der Waals surface area contributed by atoms with E-state index in [4.69, 9.17) is 5.73 Å². The highest BCUT2D eigenvalue weighted by molar-refractivity contribution is 5.44. The molecule has 2 heterocycles. The van der Waals surface area contributed by atoms with Crippen LogP contribution in [0, 0.1) is 6.92 Å². The molecule has 3 nitrogen and oxygen atoms in total. The third-order valence-electron chi connectivity index (χ3n) is 2.80. The van der Waals surface area contributed by atoms with E-state index in [9.17, 15) is 0 Å². The highest BCUT2D eigenvalue weighted by atomic mass is 15.1. The van der Waals surface area contributed by atoms with Crippen LogP contribution in [0.1, 0.15) is 18.5 Å². The van der Waals surface area contributed by atoms with E-state index in [1.807, 2.05) is 13.1 Å². The molecule has 1 aromatic rings. The van der Waals surface area contributed by atoms with Crippen LogP contribution >= 0.6 is 0 Å². The van der Waals surface area contributed by atoms with Gasteiger partial charge < -0.3 is 10.6 Å². The van der Waals surface area contributed by atoms with Gasteiger partial charge in [0.15, 0.2) is 0 Å². The summed E-state index contributed by atoms with van der Waals surface area (Å²) >= 11 is 0. The van der Waals surface area contributed by atoms with E-state index in [1.54, 1.807) is 0 Å². The van der Waals surface area contributed by atoms with Crippen molar-refractivity contribution in [2.45, 2.75) is 25.8 Å². The summed E-state index contributed by atoms with van der Waals surface area (Å²) in [6.45, 7) is 4.13. The number of aromatic nitrogens is 1. The molecule has 0 amide bonds. The number of hydrogen-bond acceptors (Lipinski definition) is 3. The fraction of sp³-hybridized carbons (Fsp3) is 0.545. The summed E-state index contributed by atoms with van der Waals surface area (Å²) in [6, 6.07) is 4.59. The van der Waals surface area contributed by atoms with E-state index >= 15 is 0 Å². The summed E-state index contributed by atoms with van der Waals surface area (Å²) in [5.74, 6) is 0. The van der Waals surface area contributed by atoms with Crippen LogP contribution < -0.4 is 10.6 Å². The van der Waals surface area contributed by atoms with Crippen LogP contribution in [0.3, 0.4) is 0 Å². The Kier molecular flexibility index (Phi) is 2.68. The van der Waals surface area contributed by atoms with Crippen molar-refractivity contribution in [2.24, 2.45) is 5.73 Å². The number of nitrogens with zero attached hydrogens (tertiary/aromatic N) is 2. The Labute approximate surface area is 84.9 Å². The van der Waals surface area contributed by atoms with Crippen molar-refractivity contribution in [3.8, 4) is 0 Å². The Hall–Kier alpha value is -1.09. The predicted octanol–water partition coefficient (Wildman–Crippen LogP) is 1.32. The zero-order valence-corrected chi connectivity index (χ0v) is 8.61. The summed E-state index contributed by atoms with van der Waals surface area (Å²) in [5.41, 5.74) is 8.15. The maximum atomic E-state index is 5.86. The first-order chi connectivity index (χ1) is 6.75. The molecule has 2 N–H and O–H groups in total. The van der Waals surface area contributed by atoms with Crippen molar-refractivity contribution in [1.82, 2.24) is 4.98 Å². The first-order valence-electron chi connectivity index (χ1n) is 5.19. The fourth-order valence-corrected chi connectivity index (χ4v) is 1.80. The lowest BCUT2D eigenvalue weighted by molar-refractivity contribution is 0.501. The lowest BCUT2D eigenvalue weighted by Gasteiger charge is -2.31. The maximum Gasteiger partial charge on any atom is 0.0552 e. The third kappa shape index (κ3) is 2.04. The monoisotopic (exact) mass is 191 g/mol. The van der Waals surface area contributed by atoms with E-state index in [1.165, 1.54) is 5.69 Å². The average molecular weight is 191 g/mol. The summed E-state index contributed by atoms with van der Waals surface area (Å²) < 4.78 is 0. The van der Waals surface area contributed by atoms with Gasteiger partial charge in [-0.1, -0.05) is 0 Å². The molecule has 0 radical (unpaired) electrons. The first kappa shape index (κ1) is 9.46. The van der Waals surface area contributed by atoms with Crippen LogP contribution in [0.25, 0.3) is 0 Å². The molecule has 1 fully saturated rings. The largest absolute Gasteiger partial charge is 0.370 e. The van der Waals surface area contributed by atoms with Gasteiger partial charge in [0.25, 0.3) is 0 Å². The Bertz CT molecular complexity index is 286. The van der Waals surface area contributed by atoms with Gasteiger partial charge in [-0.2, -0.15) is 0 Å². The molecule has 0 aromatic carbocycles. The topological polar surface area (TPSA) is 42.1 Å². The molecule has 0 unspecified atom stereocenters. The summed E-state index contributed by atoms with van der Waals surface area (Å²) in [7, 11) is 0. The Morgan fingerprint density at radius 1 is 1.36 bits per heavy atom. The zero-order chi connectivity index (χ0) is 9.97. The van der Waals surface area contributed by atoms with Crippen LogP contribution in [0.15, 0.2) is 18.3 Å². The Morgan fingerprint density at radius 3 is 2.64 bits per heavy atom. The number of pyridine rings is 1. The summed E-state index contributed by atoms with van der Waals surface area (Å²) in [5, 5.41) is 0. The number of piperidine rings is 1. The molecule has 0 saturated carbocycles. The fourth-order valence-electron chi connectivity index (χ4n) is 1.80. The van der Waals surface area contributed by atoms with Crippen molar-refractivity contribution >= 4 is 5.69 Å². The average Bonchev–Trinajstić information content (AvgIpc) is 2.21. The van der Waals surface area contributed by atoms with Crippen molar-refractivity contribution in [3.05, 3.63) is 24.0 Å². The molecule has 0 aliphatic carbocycles. The van der Waals surface area contributed by atoms with E-state index in [-0.39, 0.29) is 0 Å². The third-order valence-corrected chi connectivity index (χ3v) is 2.80. The Balaban J connectivity index is 2.05. The minimum Gasteiger partial charge on any atom is -0.370 e. The van der Waals surface area contributed by atoms with E-state index in [0.717, 1.165) is 31.6 Å². The molecular formula is C11H17N3. The normalized spacial score (nSPS) is 18.6. The second-order valence-corrected chi connectivity index (χ2v) is 3.98. The summed E-state index contributed by atoms with van der Waals surface area (Å²) in [4.78, 5) is 6.66. The number of nitrogens with two attached hydrogens (primary N) is 1. The smallest absolute Gasteiger partial charge is 0.0552 e. The lowest BCUT2D eigenvalue weighted by Crippen LogP contribution is -2.39. The van der Waals surface area contributed by atoms with Gasteiger partial charge in [-0.05, 0) is 31.9 Å². The van der Waals surface area contributed by atoms with Crippen molar-refractivity contribution in [2.75, 3.05) is 18.0 Å². The minimum atomic E-state index is 0.393. The highest BCUT2D eigenvalue weighted by Gasteiger charge is 2.15. The van der Waals surface area contributed by atoms with Gasteiger partial charge >= 0.3 is 0 Å². The Morgan fingerprint density at radius 2 is 2.07 bits per heavy atom. The number of rotatable bonds is 1. The molecule has 0 spiro atoms. The molecular weight excluding hydrogens is 174 g/mol. The highest BCUT2D eigenvalue weighted by Crippen LogP contribution is 2.18. The number of aryl methyl sites for hydroxylation is 1. The molecule has 3 heteroatoms. The van der Waals surface area contributed by atoms with Crippen LogP contribution in [0.4, 0.5) is 5.69 Å². The number of anilines is 1. The molecule has 2 rings (SSSR count). The van der Waals surface area contributed by atoms with Gasteiger partial charge in [0.1, 0.15) is 0 Å². The molecule has 76 valence electrons. The minimum absolute atomic E-state index is 0.393. The van der Waals surface area contributed by atoms with Crippen LogP contribution in [-0.2, 0) is 0 Å². The standard InChI is InChI=1S/C11H17N3/c1-9-2-3-11(8-13-9)14-6-4-10(12)5-7-14/h2-3,8,10H,4-7,12H2,1H3. The van der Waals surface area contributed by atoms with Gasteiger partial charge in [-0.3, -0.25) is 4.98 Å². The maximum absolute atomic E-state index is 5.86. The molecule has 0 atom stereocenters. The first-order valence-corrected chi connectivity index (χ1v) is 5.19. The van der Waals surface area contributed by atoms with Crippen LogP contribution in [-0.4, -0.2) is 24.1 Å². The SMILES string of the molecule is Cc1ccc(N2CCC(N)CC2)cn1. The molecule has 14 heavy (non-hydrogen) atoms. The van der Waals surface area contributed by atoms with Gasteiger partial charge in [-0.25, -0.2) is 0 Å². The van der Waals surface area contributed by atoms with Crippen molar-refractivity contribution in [1.29, 1.82) is 0 Å². The summed E-state index contributed by atoms with van der Waals surface area (Å²) in [6.07, 6.45) is 4.13. The second kappa shape index (κ2) is 3.96. The molecule has 1 aliphatic rings.